The quantitative estimate of drug-likeness (QED) is 0.524. The number of benzene rings is 1. The molecule has 0 bridgehead atoms. The summed E-state index contributed by atoms with van der Waals surface area (Å²) in [4.78, 5) is 21.3. The summed E-state index contributed by atoms with van der Waals surface area (Å²) < 4.78 is 45.6. The fraction of sp³-hybridized carbons (Fsp3) is 0.462. The summed E-state index contributed by atoms with van der Waals surface area (Å²) in [6.45, 7) is 5.06. The van der Waals surface area contributed by atoms with Crippen LogP contribution in [0.25, 0.3) is 22.6 Å². The molecule has 1 aromatic carbocycles. The van der Waals surface area contributed by atoms with E-state index < -0.39 is 24.5 Å². The number of hydrogen-bond acceptors (Lipinski definition) is 6. The predicted molar refractivity (Wildman–Crippen MR) is 137 cm³/mol. The van der Waals surface area contributed by atoms with Crippen LogP contribution in [0.2, 0.25) is 0 Å². The van der Waals surface area contributed by atoms with Crippen LogP contribution in [0, 0.1) is 12.8 Å². The molecule has 38 heavy (non-hydrogen) atoms. The molecule has 1 N–H and O–H groups in total. The van der Waals surface area contributed by atoms with Gasteiger partial charge in [0.25, 0.3) is 0 Å². The molecule has 2 amide bonds. The van der Waals surface area contributed by atoms with Crippen LogP contribution >= 0.6 is 0 Å². The lowest BCUT2D eigenvalue weighted by Gasteiger charge is -2.28. The molecule has 2 fully saturated rings. The molecule has 12 heteroatoms. The van der Waals surface area contributed by atoms with Gasteiger partial charge in [-0.2, -0.15) is 13.2 Å². The maximum absolute atomic E-state index is 12.9. The maximum atomic E-state index is 12.9. The first-order chi connectivity index (χ1) is 18.2. The van der Waals surface area contributed by atoms with E-state index in [1.807, 2.05) is 38.2 Å². The summed E-state index contributed by atoms with van der Waals surface area (Å²) in [5.74, 6) is 0.861. The van der Waals surface area contributed by atoms with Crippen LogP contribution in [-0.2, 0) is 11.8 Å². The number of morpholine rings is 1. The Labute approximate surface area is 218 Å². The number of amides is 2. The van der Waals surface area contributed by atoms with Gasteiger partial charge in [-0.15, -0.1) is 10.2 Å². The van der Waals surface area contributed by atoms with Crippen molar-refractivity contribution in [1.29, 1.82) is 0 Å². The molecule has 2 saturated heterocycles. The maximum Gasteiger partial charge on any atom is 0.389 e. The number of hydrogen-bond donors (Lipinski definition) is 1. The fourth-order valence-electron chi connectivity index (χ4n) is 4.98. The van der Waals surface area contributed by atoms with E-state index in [1.165, 1.54) is 4.90 Å². The zero-order chi connectivity index (χ0) is 26.9. The van der Waals surface area contributed by atoms with E-state index in [1.54, 1.807) is 17.0 Å². The van der Waals surface area contributed by atoms with Gasteiger partial charge in [0.05, 0.1) is 13.2 Å². The number of nitrogens with zero attached hydrogens (tertiary/aromatic N) is 6. The Kier molecular flexibility index (Phi) is 7.24. The third-order valence-corrected chi connectivity index (χ3v) is 6.98. The minimum Gasteiger partial charge on any atom is -0.378 e. The summed E-state index contributed by atoms with van der Waals surface area (Å²) in [5.41, 5.74) is 4.04. The first-order valence-corrected chi connectivity index (χ1v) is 12.6. The van der Waals surface area contributed by atoms with Gasteiger partial charge in [0.15, 0.2) is 5.82 Å². The summed E-state index contributed by atoms with van der Waals surface area (Å²) in [6.07, 6.45) is -3.13. The largest absolute Gasteiger partial charge is 0.389 e. The number of anilines is 2. The number of rotatable bonds is 5. The second-order valence-corrected chi connectivity index (χ2v) is 9.84. The molecule has 2 aliphatic rings. The van der Waals surface area contributed by atoms with Crippen molar-refractivity contribution in [2.45, 2.75) is 25.9 Å². The SMILES string of the molecule is Cc1ccc(NC(=O)N2CCC(CC(F)(F)F)C2)cc1-c1cc(-c2nncn2C)nc(N2CCOCC2)c1. The van der Waals surface area contributed by atoms with Crippen molar-refractivity contribution in [2.24, 2.45) is 13.0 Å². The summed E-state index contributed by atoms with van der Waals surface area (Å²) in [7, 11) is 1.86. The number of carbonyl (C=O) groups excluding carboxylic acids is 1. The number of aromatic nitrogens is 4. The van der Waals surface area contributed by atoms with Gasteiger partial charge < -0.3 is 24.4 Å². The molecule has 5 rings (SSSR count). The number of halogens is 3. The Morgan fingerprint density at radius 2 is 1.95 bits per heavy atom. The number of ether oxygens (including phenoxy) is 1. The molecule has 0 radical (unpaired) electrons. The molecule has 202 valence electrons. The normalized spacial score (nSPS) is 18.2. The molecule has 9 nitrogen and oxygen atoms in total. The molecular formula is C26H30F3N7O2. The van der Waals surface area contributed by atoms with Crippen LogP contribution in [0.15, 0.2) is 36.7 Å². The first kappa shape index (κ1) is 26.0. The highest BCUT2D eigenvalue weighted by Gasteiger charge is 2.36. The molecule has 3 aromatic rings. The molecule has 2 aromatic heterocycles. The number of likely N-dealkylation sites (tertiary alicyclic amines) is 1. The number of aryl methyl sites for hydroxylation is 2. The molecule has 0 saturated carbocycles. The number of nitrogens with one attached hydrogen (secondary N) is 1. The third kappa shape index (κ3) is 5.90. The highest BCUT2D eigenvalue weighted by Crippen LogP contribution is 2.33. The minimum atomic E-state index is -4.22. The van der Waals surface area contributed by atoms with E-state index in [0.29, 0.717) is 43.4 Å². The summed E-state index contributed by atoms with van der Waals surface area (Å²) in [5, 5.41) is 11.1. The predicted octanol–water partition coefficient (Wildman–Crippen LogP) is 4.50. The second-order valence-electron chi connectivity index (χ2n) is 9.84. The summed E-state index contributed by atoms with van der Waals surface area (Å²) in [6, 6.07) is 9.17. The lowest BCUT2D eigenvalue weighted by atomic mass is 9.99. The number of carbonyl (C=O) groups is 1. The topological polar surface area (TPSA) is 88.4 Å². The van der Waals surface area contributed by atoms with Gasteiger partial charge >= 0.3 is 12.2 Å². The van der Waals surface area contributed by atoms with Crippen molar-refractivity contribution in [2.75, 3.05) is 49.6 Å². The Morgan fingerprint density at radius 1 is 1.16 bits per heavy atom. The van der Waals surface area contributed by atoms with Crippen molar-refractivity contribution in [3.63, 3.8) is 0 Å². The lowest BCUT2D eigenvalue weighted by molar-refractivity contribution is -0.143. The van der Waals surface area contributed by atoms with Crippen molar-refractivity contribution in [3.8, 4) is 22.6 Å². The zero-order valence-corrected chi connectivity index (χ0v) is 21.3. The van der Waals surface area contributed by atoms with Gasteiger partial charge in [0.1, 0.15) is 17.8 Å². The van der Waals surface area contributed by atoms with Gasteiger partial charge in [0, 0.05) is 45.3 Å². The zero-order valence-electron chi connectivity index (χ0n) is 21.3. The molecule has 4 heterocycles. The molecule has 0 spiro atoms. The van der Waals surface area contributed by atoms with Crippen molar-refractivity contribution in [3.05, 3.63) is 42.2 Å². The third-order valence-electron chi connectivity index (χ3n) is 6.98. The highest BCUT2D eigenvalue weighted by atomic mass is 19.4. The van der Waals surface area contributed by atoms with Crippen LogP contribution in [0.5, 0.6) is 0 Å². The Balaban J connectivity index is 1.41. The Morgan fingerprint density at radius 3 is 2.66 bits per heavy atom. The number of pyridine rings is 1. The van der Waals surface area contributed by atoms with E-state index >= 15 is 0 Å². The molecule has 2 aliphatic heterocycles. The Hall–Kier alpha value is -3.67. The molecule has 1 unspecified atom stereocenters. The first-order valence-electron chi connectivity index (χ1n) is 12.6. The van der Waals surface area contributed by atoms with Crippen LogP contribution in [0.4, 0.5) is 29.5 Å². The number of alkyl halides is 3. The number of urea groups is 1. The van der Waals surface area contributed by atoms with E-state index in [-0.39, 0.29) is 6.54 Å². The average Bonchev–Trinajstić information content (AvgIpc) is 3.53. The smallest absolute Gasteiger partial charge is 0.378 e. The van der Waals surface area contributed by atoms with Crippen LogP contribution in [0.3, 0.4) is 0 Å². The van der Waals surface area contributed by atoms with E-state index in [9.17, 15) is 18.0 Å². The average molecular weight is 530 g/mol. The van der Waals surface area contributed by atoms with Gasteiger partial charge in [0.2, 0.25) is 0 Å². The van der Waals surface area contributed by atoms with E-state index in [0.717, 1.165) is 35.6 Å². The summed E-state index contributed by atoms with van der Waals surface area (Å²) >= 11 is 0. The van der Waals surface area contributed by atoms with Crippen molar-refractivity contribution < 1.29 is 22.7 Å². The van der Waals surface area contributed by atoms with Crippen LogP contribution in [-0.4, -0.2) is 76.2 Å². The second kappa shape index (κ2) is 10.6. The fourth-order valence-corrected chi connectivity index (χ4v) is 4.98. The van der Waals surface area contributed by atoms with Crippen molar-refractivity contribution >= 4 is 17.5 Å². The standard InChI is InChI=1S/C26H30F3N7O2/c1-17-3-4-20(31-25(37)36-6-5-18(15-36)14-26(27,28)29)13-21(17)19-11-22(24-33-30-16-34(24)2)32-23(12-19)35-7-9-38-10-8-35/h3-4,11-13,16,18H,5-10,14-15H2,1-2H3,(H,31,37). The van der Waals surface area contributed by atoms with Gasteiger partial charge in [-0.05, 0) is 60.2 Å². The van der Waals surface area contributed by atoms with E-state index in [4.69, 9.17) is 9.72 Å². The molecule has 0 aliphatic carbocycles. The minimum absolute atomic E-state index is 0.0956. The van der Waals surface area contributed by atoms with Crippen molar-refractivity contribution in [1.82, 2.24) is 24.6 Å². The van der Waals surface area contributed by atoms with Gasteiger partial charge in [-0.3, -0.25) is 0 Å². The van der Waals surface area contributed by atoms with E-state index in [2.05, 4.69) is 20.4 Å². The van der Waals surface area contributed by atoms with Crippen LogP contribution in [0.1, 0.15) is 18.4 Å². The molecule has 1 atom stereocenters. The Bertz CT molecular complexity index is 1300. The van der Waals surface area contributed by atoms with Gasteiger partial charge in [-0.25, -0.2) is 9.78 Å². The van der Waals surface area contributed by atoms with Gasteiger partial charge in [-0.1, -0.05) is 6.07 Å². The lowest BCUT2D eigenvalue weighted by Crippen LogP contribution is -2.36. The van der Waals surface area contributed by atoms with Crippen LogP contribution < -0.4 is 10.2 Å². The molecular weight excluding hydrogens is 499 g/mol. The monoisotopic (exact) mass is 529 g/mol. The highest BCUT2D eigenvalue weighted by molar-refractivity contribution is 5.91.